The van der Waals surface area contributed by atoms with Gasteiger partial charge in [-0.1, -0.05) is 48.5 Å². The molecular formula is C26H24N2O4. The number of ether oxygens (including phenoxy) is 1. The highest BCUT2D eigenvalue weighted by atomic mass is 16.5. The van der Waals surface area contributed by atoms with E-state index in [2.05, 4.69) is 4.98 Å². The minimum absolute atomic E-state index is 0.0400. The zero-order valence-electron chi connectivity index (χ0n) is 17.9. The van der Waals surface area contributed by atoms with E-state index in [1.54, 1.807) is 42.7 Å². The molecule has 0 radical (unpaired) electrons. The summed E-state index contributed by atoms with van der Waals surface area (Å²) in [5, 5.41) is 11.2. The number of aromatic nitrogens is 1. The van der Waals surface area contributed by atoms with Crippen molar-refractivity contribution in [3.63, 3.8) is 0 Å². The Morgan fingerprint density at radius 1 is 1.06 bits per heavy atom. The number of benzene rings is 2. The van der Waals surface area contributed by atoms with Crippen molar-refractivity contribution in [3.05, 3.63) is 101 Å². The molecule has 0 bridgehead atoms. The number of aliphatic hydroxyl groups excluding tert-OH is 1. The van der Waals surface area contributed by atoms with Crippen molar-refractivity contribution < 1.29 is 19.4 Å². The maximum Gasteiger partial charge on any atom is 0.295 e. The van der Waals surface area contributed by atoms with E-state index < -0.39 is 17.7 Å². The number of amides is 1. The van der Waals surface area contributed by atoms with Gasteiger partial charge in [-0.05, 0) is 43.2 Å². The Hall–Kier alpha value is -3.93. The Bertz CT molecular complexity index is 1160. The average molecular weight is 428 g/mol. The molecule has 2 aromatic carbocycles. The van der Waals surface area contributed by atoms with Crippen LogP contribution >= 0.6 is 0 Å². The first-order chi connectivity index (χ1) is 15.5. The average Bonchev–Trinajstić information content (AvgIpc) is 3.04. The van der Waals surface area contributed by atoms with Gasteiger partial charge in [0, 0.05) is 24.5 Å². The molecular weight excluding hydrogens is 404 g/mol. The van der Waals surface area contributed by atoms with Crippen molar-refractivity contribution in [3.8, 4) is 5.75 Å². The van der Waals surface area contributed by atoms with Crippen LogP contribution in [0.25, 0.3) is 5.76 Å². The van der Waals surface area contributed by atoms with E-state index in [1.807, 2.05) is 50.2 Å². The third kappa shape index (κ3) is 4.25. The Labute approximate surface area is 186 Å². The van der Waals surface area contributed by atoms with Crippen molar-refractivity contribution in [1.82, 2.24) is 9.88 Å². The quantitative estimate of drug-likeness (QED) is 0.355. The smallest absolute Gasteiger partial charge is 0.295 e. The molecule has 4 rings (SSSR count). The van der Waals surface area contributed by atoms with Gasteiger partial charge in [0.25, 0.3) is 11.7 Å². The molecule has 1 atom stereocenters. The summed E-state index contributed by atoms with van der Waals surface area (Å²) in [5.74, 6) is -1.01. The van der Waals surface area contributed by atoms with E-state index in [0.29, 0.717) is 11.3 Å². The summed E-state index contributed by atoms with van der Waals surface area (Å²) in [7, 11) is 0. The number of Topliss-reactive ketones (excluding diaryl/α,β-unsaturated/α-hetero) is 1. The van der Waals surface area contributed by atoms with Crippen LogP contribution in [0.3, 0.4) is 0 Å². The molecule has 1 aliphatic heterocycles. The second-order valence-corrected chi connectivity index (χ2v) is 7.89. The molecule has 162 valence electrons. The van der Waals surface area contributed by atoms with Crippen LogP contribution in [0.15, 0.2) is 84.7 Å². The molecule has 1 aliphatic rings. The summed E-state index contributed by atoms with van der Waals surface area (Å²) in [4.78, 5) is 31.7. The van der Waals surface area contributed by atoms with E-state index in [0.717, 1.165) is 11.1 Å². The van der Waals surface area contributed by atoms with Gasteiger partial charge in [-0.3, -0.25) is 14.6 Å². The normalized spacial score (nSPS) is 17.7. The van der Waals surface area contributed by atoms with E-state index in [9.17, 15) is 14.7 Å². The van der Waals surface area contributed by atoms with Gasteiger partial charge >= 0.3 is 0 Å². The van der Waals surface area contributed by atoms with Crippen LogP contribution in [-0.4, -0.2) is 32.8 Å². The van der Waals surface area contributed by atoms with Gasteiger partial charge in [0.05, 0.1) is 17.7 Å². The molecule has 2 heterocycles. The van der Waals surface area contributed by atoms with E-state index >= 15 is 0 Å². The predicted molar refractivity (Wildman–Crippen MR) is 121 cm³/mol. The first-order valence-corrected chi connectivity index (χ1v) is 10.4. The largest absolute Gasteiger partial charge is 0.507 e. The zero-order valence-corrected chi connectivity index (χ0v) is 17.9. The van der Waals surface area contributed by atoms with Crippen LogP contribution in [0.2, 0.25) is 0 Å². The van der Waals surface area contributed by atoms with Crippen LogP contribution in [0, 0.1) is 0 Å². The third-order valence-corrected chi connectivity index (χ3v) is 5.21. The highest BCUT2D eigenvalue weighted by molar-refractivity contribution is 6.46. The molecule has 0 saturated carbocycles. The predicted octanol–water partition coefficient (Wildman–Crippen LogP) is 4.49. The van der Waals surface area contributed by atoms with Crippen molar-refractivity contribution >= 4 is 17.4 Å². The van der Waals surface area contributed by atoms with Gasteiger partial charge in [-0.15, -0.1) is 0 Å². The molecule has 1 unspecified atom stereocenters. The number of carbonyl (C=O) groups is 2. The topological polar surface area (TPSA) is 79.7 Å². The van der Waals surface area contributed by atoms with Gasteiger partial charge in [0.2, 0.25) is 0 Å². The molecule has 0 aliphatic carbocycles. The summed E-state index contributed by atoms with van der Waals surface area (Å²) < 4.78 is 5.72. The van der Waals surface area contributed by atoms with E-state index in [4.69, 9.17) is 4.74 Å². The number of nitrogens with zero attached hydrogens (tertiary/aromatic N) is 2. The summed E-state index contributed by atoms with van der Waals surface area (Å²) in [6.07, 6.45) is 3.27. The van der Waals surface area contributed by atoms with E-state index in [-0.39, 0.29) is 24.0 Å². The van der Waals surface area contributed by atoms with Crippen molar-refractivity contribution in [2.24, 2.45) is 0 Å². The van der Waals surface area contributed by atoms with Crippen molar-refractivity contribution in [2.75, 3.05) is 0 Å². The van der Waals surface area contributed by atoms with Crippen LogP contribution in [0.5, 0.6) is 5.75 Å². The monoisotopic (exact) mass is 428 g/mol. The fourth-order valence-corrected chi connectivity index (χ4v) is 3.86. The lowest BCUT2D eigenvalue weighted by atomic mass is 9.95. The number of rotatable bonds is 6. The molecule has 1 N–H and O–H groups in total. The zero-order chi connectivity index (χ0) is 22.7. The minimum Gasteiger partial charge on any atom is -0.507 e. The Morgan fingerprint density at radius 2 is 1.84 bits per heavy atom. The SMILES string of the molecule is CC(C)Oc1cccc(/C(O)=C2/C(=O)C(=O)N(Cc3cccnc3)C2c2ccccc2)c1. The number of ketones is 1. The molecule has 1 aromatic heterocycles. The number of likely N-dealkylation sites (tertiary alicyclic amines) is 1. The third-order valence-electron chi connectivity index (χ3n) is 5.21. The summed E-state index contributed by atoms with van der Waals surface area (Å²) in [6, 6.07) is 19.1. The standard InChI is InChI=1S/C26H24N2O4/c1-17(2)32-21-12-6-11-20(14-21)24(29)22-23(19-9-4-3-5-10-19)28(26(31)25(22)30)16-18-8-7-13-27-15-18/h3-15,17,23,29H,16H2,1-2H3/b24-22-. The van der Waals surface area contributed by atoms with Crippen molar-refractivity contribution in [1.29, 1.82) is 0 Å². The van der Waals surface area contributed by atoms with Gasteiger partial charge in [-0.2, -0.15) is 0 Å². The Balaban J connectivity index is 1.82. The Morgan fingerprint density at radius 3 is 2.53 bits per heavy atom. The lowest BCUT2D eigenvalue weighted by molar-refractivity contribution is -0.140. The maximum absolute atomic E-state index is 13.1. The number of hydrogen-bond donors (Lipinski definition) is 1. The number of pyridine rings is 1. The molecule has 6 heteroatoms. The van der Waals surface area contributed by atoms with Crippen LogP contribution in [-0.2, 0) is 16.1 Å². The van der Waals surface area contributed by atoms with Crippen LogP contribution in [0.1, 0.15) is 36.6 Å². The van der Waals surface area contributed by atoms with Crippen molar-refractivity contribution in [2.45, 2.75) is 32.5 Å². The molecule has 3 aromatic rings. The maximum atomic E-state index is 13.1. The molecule has 1 amide bonds. The van der Waals surface area contributed by atoms with Crippen LogP contribution < -0.4 is 4.74 Å². The number of hydrogen-bond acceptors (Lipinski definition) is 5. The molecule has 1 fully saturated rings. The van der Waals surface area contributed by atoms with E-state index in [1.165, 1.54) is 4.90 Å². The fourth-order valence-electron chi connectivity index (χ4n) is 3.86. The van der Waals surface area contributed by atoms with Gasteiger partial charge < -0.3 is 14.7 Å². The number of carbonyl (C=O) groups excluding carboxylic acids is 2. The lowest BCUT2D eigenvalue weighted by Crippen LogP contribution is -2.29. The molecule has 0 spiro atoms. The minimum atomic E-state index is -0.717. The summed E-state index contributed by atoms with van der Waals surface area (Å²) in [5.41, 5.74) is 2.02. The van der Waals surface area contributed by atoms with Gasteiger partial charge in [0.1, 0.15) is 11.5 Å². The highest BCUT2D eigenvalue weighted by Gasteiger charge is 2.46. The van der Waals surface area contributed by atoms with Gasteiger partial charge in [-0.25, -0.2) is 0 Å². The molecule has 1 saturated heterocycles. The Kier molecular flexibility index (Phi) is 6.03. The lowest BCUT2D eigenvalue weighted by Gasteiger charge is -2.25. The second kappa shape index (κ2) is 9.06. The summed E-state index contributed by atoms with van der Waals surface area (Å²) in [6.45, 7) is 4.02. The number of aliphatic hydroxyl groups is 1. The van der Waals surface area contributed by atoms with Gasteiger partial charge in [0.15, 0.2) is 0 Å². The second-order valence-electron chi connectivity index (χ2n) is 7.89. The molecule has 6 nitrogen and oxygen atoms in total. The first-order valence-electron chi connectivity index (χ1n) is 10.4. The summed E-state index contributed by atoms with van der Waals surface area (Å²) >= 11 is 0. The molecule has 32 heavy (non-hydrogen) atoms. The first kappa shape index (κ1) is 21.3. The highest BCUT2D eigenvalue weighted by Crippen LogP contribution is 2.40. The van der Waals surface area contributed by atoms with Crippen LogP contribution in [0.4, 0.5) is 0 Å². The fraction of sp³-hybridized carbons (Fsp3) is 0.192.